The number of nitrogens with one attached hydrogen (secondary N) is 2. The number of aromatic nitrogens is 3. The number of piperidine rings is 1. The van der Waals surface area contributed by atoms with Crippen molar-refractivity contribution in [3.05, 3.63) is 35.5 Å². The van der Waals surface area contributed by atoms with Gasteiger partial charge in [-0.2, -0.15) is 5.10 Å². The number of halogens is 1. The van der Waals surface area contributed by atoms with Crippen molar-refractivity contribution in [1.29, 1.82) is 0 Å². The second kappa shape index (κ2) is 9.47. The van der Waals surface area contributed by atoms with Crippen LogP contribution in [0.5, 0.6) is 0 Å². The van der Waals surface area contributed by atoms with E-state index < -0.39 is 0 Å². The van der Waals surface area contributed by atoms with Gasteiger partial charge in [0.15, 0.2) is 0 Å². The highest BCUT2D eigenvalue weighted by atomic mass is 35.5. The summed E-state index contributed by atoms with van der Waals surface area (Å²) in [5.41, 5.74) is 1.73. The fourth-order valence-electron chi connectivity index (χ4n) is 3.74. The van der Waals surface area contributed by atoms with Crippen LogP contribution < -0.4 is 15.5 Å². The predicted octanol–water partition coefficient (Wildman–Crippen LogP) is 1.18. The van der Waals surface area contributed by atoms with E-state index in [4.69, 9.17) is 11.6 Å². The highest BCUT2D eigenvalue weighted by Crippen LogP contribution is 2.21. The molecule has 2 aliphatic heterocycles. The molecule has 0 unspecified atom stereocenters. The number of benzene rings is 1. The van der Waals surface area contributed by atoms with Gasteiger partial charge in [0.1, 0.15) is 0 Å². The van der Waals surface area contributed by atoms with Gasteiger partial charge in [-0.15, -0.1) is 5.10 Å². The van der Waals surface area contributed by atoms with E-state index in [0.717, 1.165) is 63.4 Å². The van der Waals surface area contributed by atoms with Crippen molar-refractivity contribution >= 4 is 23.5 Å². The Morgan fingerprint density at radius 3 is 2.59 bits per heavy atom. The normalized spacial score (nSPS) is 18.6. The summed E-state index contributed by atoms with van der Waals surface area (Å²) in [6, 6.07) is 7.84. The van der Waals surface area contributed by atoms with Crippen LogP contribution in [-0.4, -0.2) is 77.8 Å². The Hall–Kier alpha value is -2.29. The van der Waals surface area contributed by atoms with E-state index in [-0.39, 0.29) is 5.91 Å². The molecule has 0 aliphatic carbocycles. The van der Waals surface area contributed by atoms with Gasteiger partial charge in [0, 0.05) is 42.8 Å². The molecular formula is C20H26ClN7O. The maximum absolute atomic E-state index is 12.3. The molecule has 2 aliphatic rings. The first-order valence-corrected chi connectivity index (χ1v) is 10.5. The van der Waals surface area contributed by atoms with Crippen molar-refractivity contribution in [2.75, 3.05) is 50.7 Å². The fourth-order valence-corrected chi connectivity index (χ4v) is 3.86. The minimum absolute atomic E-state index is 0.119. The molecule has 2 N–H and O–H groups in total. The van der Waals surface area contributed by atoms with Crippen molar-refractivity contribution in [2.24, 2.45) is 0 Å². The van der Waals surface area contributed by atoms with E-state index in [2.05, 4.69) is 35.6 Å². The molecular weight excluding hydrogens is 390 g/mol. The molecule has 2 fully saturated rings. The summed E-state index contributed by atoms with van der Waals surface area (Å²) in [5.74, 6) is 0.740. The van der Waals surface area contributed by atoms with Crippen LogP contribution in [0, 0.1) is 0 Å². The van der Waals surface area contributed by atoms with Gasteiger partial charge in [0.25, 0.3) is 0 Å². The van der Waals surface area contributed by atoms with Crippen molar-refractivity contribution in [1.82, 2.24) is 30.7 Å². The Balaban J connectivity index is 1.29. The number of hydrogen-bond donors (Lipinski definition) is 2. The van der Waals surface area contributed by atoms with Crippen molar-refractivity contribution in [3.8, 4) is 11.3 Å². The van der Waals surface area contributed by atoms with Crippen LogP contribution in [-0.2, 0) is 4.79 Å². The van der Waals surface area contributed by atoms with Gasteiger partial charge < -0.3 is 15.5 Å². The third-order valence-electron chi connectivity index (χ3n) is 5.41. The molecule has 8 nitrogen and oxygen atoms in total. The number of rotatable bonds is 5. The van der Waals surface area contributed by atoms with Gasteiger partial charge in [0.05, 0.1) is 18.4 Å². The molecule has 154 valence electrons. The summed E-state index contributed by atoms with van der Waals surface area (Å²) in [4.78, 5) is 21.3. The number of carbonyl (C=O) groups excluding carboxylic acids is 1. The summed E-state index contributed by atoms with van der Waals surface area (Å²) >= 11 is 5.96. The van der Waals surface area contributed by atoms with Crippen LogP contribution in [0.1, 0.15) is 12.8 Å². The number of anilines is 1. The minimum Gasteiger partial charge on any atom is -0.352 e. The van der Waals surface area contributed by atoms with Crippen LogP contribution in [0.4, 0.5) is 5.95 Å². The smallest absolute Gasteiger partial charge is 0.245 e. The zero-order valence-corrected chi connectivity index (χ0v) is 17.1. The maximum Gasteiger partial charge on any atom is 0.245 e. The summed E-state index contributed by atoms with van der Waals surface area (Å²) < 4.78 is 0. The topological polar surface area (TPSA) is 86.3 Å². The number of carbonyl (C=O) groups is 1. The lowest BCUT2D eigenvalue weighted by Gasteiger charge is -2.34. The molecule has 0 atom stereocenters. The van der Waals surface area contributed by atoms with Gasteiger partial charge in [-0.3, -0.25) is 9.69 Å². The first-order valence-electron chi connectivity index (χ1n) is 10.1. The van der Waals surface area contributed by atoms with Gasteiger partial charge in [-0.05, 0) is 38.1 Å². The molecule has 9 heteroatoms. The second-order valence-electron chi connectivity index (χ2n) is 7.50. The van der Waals surface area contributed by atoms with E-state index in [9.17, 15) is 4.79 Å². The van der Waals surface area contributed by atoms with Gasteiger partial charge in [-0.1, -0.05) is 23.7 Å². The van der Waals surface area contributed by atoms with Crippen LogP contribution in [0.15, 0.2) is 30.5 Å². The Morgan fingerprint density at radius 1 is 1.14 bits per heavy atom. The average Bonchev–Trinajstić information content (AvgIpc) is 2.75. The van der Waals surface area contributed by atoms with E-state index in [1.54, 1.807) is 6.20 Å². The molecule has 0 spiro atoms. The van der Waals surface area contributed by atoms with Crippen LogP contribution >= 0.6 is 11.6 Å². The molecule has 0 radical (unpaired) electrons. The average molecular weight is 416 g/mol. The molecule has 1 aromatic heterocycles. The van der Waals surface area contributed by atoms with Crippen molar-refractivity contribution in [2.45, 2.75) is 18.9 Å². The zero-order chi connectivity index (χ0) is 20.1. The molecule has 0 saturated carbocycles. The van der Waals surface area contributed by atoms with Crippen LogP contribution in [0.3, 0.4) is 0 Å². The number of piperazine rings is 1. The lowest BCUT2D eigenvalue weighted by molar-refractivity contribution is -0.123. The summed E-state index contributed by atoms with van der Waals surface area (Å²) in [6.45, 7) is 5.54. The third-order valence-corrected chi connectivity index (χ3v) is 5.67. The maximum atomic E-state index is 12.3. The number of amides is 1. The molecule has 1 amide bonds. The highest BCUT2D eigenvalue weighted by molar-refractivity contribution is 6.30. The number of hydrogen-bond acceptors (Lipinski definition) is 7. The lowest BCUT2D eigenvalue weighted by atomic mass is 10.1. The van der Waals surface area contributed by atoms with Gasteiger partial charge in [-0.25, -0.2) is 4.98 Å². The van der Waals surface area contributed by atoms with Crippen molar-refractivity contribution in [3.63, 3.8) is 0 Å². The number of nitrogens with zero attached hydrogens (tertiary/aromatic N) is 5. The zero-order valence-electron chi connectivity index (χ0n) is 16.4. The largest absolute Gasteiger partial charge is 0.352 e. The van der Waals surface area contributed by atoms with Crippen LogP contribution in [0.25, 0.3) is 11.3 Å². The van der Waals surface area contributed by atoms with Gasteiger partial charge in [0.2, 0.25) is 11.9 Å². The highest BCUT2D eigenvalue weighted by Gasteiger charge is 2.23. The fraction of sp³-hybridized carbons (Fsp3) is 0.500. The molecule has 0 bridgehead atoms. The Morgan fingerprint density at radius 2 is 1.86 bits per heavy atom. The second-order valence-corrected chi connectivity index (χ2v) is 7.94. The summed E-state index contributed by atoms with van der Waals surface area (Å²) in [7, 11) is 0. The molecule has 2 saturated heterocycles. The van der Waals surface area contributed by atoms with E-state index in [0.29, 0.717) is 23.6 Å². The lowest BCUT2D eigenvalue weighted by Crippen LogP contribution is -2.51. The molecule has 2 aromatic rings. The summed E-state index contributed by atoms with van der Waals surface area (Å²) in [5, 5.41) is 15.5. The summed E-state index contributed by atoms with van der Waals surface area (Å²) in [6.07, 6.45) is 3.68. The van der Waals surface area contributed by atoms with E-state index in [1.807, 2.05) is 24.3 Å². The standard InChI is InChI=1S/C20H26ClN7O/c21-16-3-1-15(2-4-16)18-13-23-26-20(25-18)28-11-9-27(10-12-28)14-19(29)24-17-5-7-22-8-6-17/h1-4,13,17,22H,5-12,14H2,(H,24,29). The van der Waals surface area contributed by atoms with Crippen LogP contribution in [0.2, 0.25) is 5.02 Å². The van der Waals surface area contributed by atoms with Gasteiger partial charge >= 0.3 is 0 Å². The van der Waals surface area contributed by atoms with E-state index in [1.165, 1.54) is 0 Å². The minimum atomic E-state index is 0.119. The Kier molecular flexibility index (Phi) is 6.53. The Bertz CT molecular complexity index is 818. The molecule has 4 rings (SSSR count). The first kappa shape index (κ1) is 20.0. The van der Waals surface area contributed by atoms with E-state index >= 15 is 0 Å². The quantitative estimate of drug-likeness (QED) is 0.758. The first-order chi connectivity index (χ1) is 14.2. The third kappa shape index (κ3) is 5.41. The van der Waals surface area contributed by atoms with Crippen molar-refractivity contribution < 1.29 is 4.79 Å². The SMILES string of the molecule is O=C(CN1CCN(c2nncc(-c3ccc(Cl)cc3)n2)CC1)NC1CCNCC1. The Labute approximate surface area is 175 Å². The molecule has 29 heavy (non-hydrogen) atoms. The molecule has 1 aromatic carbocycles. The molecule has 3 heterocycles. The predicted molar refractivity (Wildman–Crippen MR) is 113 cm³/mol. The monoisotopic (exact) mass is 415 g/mol.